The van der Waals surface area contributed by atoms with E-state index in [4.69, 9.17) is 0 Å². The number of unbranched alkanes of at least 4 members (excludes halogenated alkanes) is 12. The van der Waals surface area contributed by atoms with Crippen LogP contribution in [0.5, 0.6) is 0 Å². The zero-order valence-corrected chi connectivity index (χ0v) is 27.0. The van der Waals surface area contributed by atoms with Gasteiger partial charge in [-0.2, -0.15) is 0 Å². The van der Waals surface area contributed by atoms with Gasteiger partial charge in [-0.25, -0.2) is 0 Å². The molecule has 0 aromatic carbocycles. The summed E-state index contributed by atoms with van der Waals surface area (Å²) in [5, 5.41) is 43.1. The van der Waals surface area contributed by atoms with Crippen LogP contribution >= 0.6 is 0 Å². The smallest absolute Gasteiger partial charge is 0.249 e. The van der Waals surface area contributed by atoms with Crippen LogP contribution in [-0.4, -0.2) is 57.3 Å². The van der Waals surface area contributed by atoms with Crippen molar-refractivity contribution in [2.75, 3.05) is 6.61 Å². The van der Waals surface area contributed by atoms with Gasteiger partial charge < -0.3 is 25.7 Å². The molecule has 1 amide bonds. The standard InChI is InChI=1S/C36H65NO5/c1-3-5-7-9-11-13-14-15-16-17-18-19-20-21-22-24-25-27-29-33(39)35(41)32(31-38)37-36(42)34(40)30-28-26-23-12-10-8-6-4-2/h14-15,18-19,22-24,26,32-35,38-41H,3-13,16-17,20-21,25,27-31H2,1-2H3,(H,37,42)/b15-14+,19-18+,24-22+,26-23-. The molecule has 0 aliphatic carbocycles. The average Bonchev–Trinajstić information content (AvgIpc) is 2.99. The summed E-state index contributed by atoms with van der Waals surface area (Å²) in [6.07, 6.45) is 34.4. The molecule has 0 saturated heterocycles. The second-order valence-electron chi connectivity index (χ2n) is 11.5. The molecule has 0 aromatic heterocycles. The summed E-state index contributed by atoms with van der Waals surface area (Å²) < 4.78 is 0. The number of rotatable bonds is 29. The van der Waals surface area contributed by atoms with Crippen LogP contribution < -0.4 is 5.32 Å². The van der Waals surface area contributed by atoms with Gasteiger partial charge in [0.15, 0.2) is 0 Å². The summed E-state index contributed by atoms with van der Waals surface area (Å²) >= 11 is 0. The Morgan fingerprint density at radius 1 is 0.571 bits per heavy atom. The van der Waals surface area contributed by atoms with Crippen LogP contribution in [0.2, 0.25) is 0 Å². The quantitative estimate of drug-likeness (QED) is 0.0454. The summed E-state index contributed by atoms with van der Waals surface area (Å²) in [6, 6.07) is -1.02. The Bertz CT molecular complexity index is 718. The van der Waals surface area contributed by atoms with Crippen molar-refractivity contribution in [3.63, 3.8) is 0 Å². The van der Waals surface area contributed by atoms with Gasteiger partial charge in [0.1, 0.15) is 12.2 Å². The number of hydrogen-bond donors (Lipinski definition) is 5. The molecular formula is C36H65NO5. The van der Waals surface area contributed by atoms with Crippen LogP contribution in [0, 0.1) is 0 Å². The van der Waals surface area contributed by atoms with Crippen molar-refractivity contribution in [1.82, 2.24) is 5.32 Å². The van der Waals surface area contributed by atoms with Crippen molar-refractivity contribution in [1.29, 1.82) is 0 Å². The SMILES string of the molecule is CCCCCC/C=C\CCC(O)C(=O)NC(CO)C(O)C(O)CCC/C=C/CC/C=C/CC/C=C/CCCCCCC. The molecule has 0 radical (unpaired) electrons. The van der Waals surface area contributed by atoms with Gasteiger partial charge in [0.05, 0.1) is 18.8 Å². The summed E-state index contributed by atoms with van der Waals surface area (Å²) in [4.78, 5) is 12.3. The molecule has 0 heterocycles. The van der Waals surface area contributed by atoms with Gasteiger partial charge >= 0.3 is 0 Å². The number of carbonyl (C=O) groups is 1. The molecule has 0 spiro atoms. The largest absolute Gasteiger partial charge is 0.394 e. The molecule has 42 heavy (non-hydrogen) atoms. The van der Waals surface area contributed by atoms with Crippen molar-refractivity contribution in [3.8, 4) is 0 Å². The fourth-order valence-electron chi connectivity index (χ4n) is 4.67. The highest BCUT2D eigenvalue weighted by Gasteiger charge is 2.28. The highest BCUT2D eigenvalue weighted by molar-refractivity contribution is 5.80. The zero-order valence-electron chi connectivity index (χ0n) is 27.0. The van der Waals surface area contributed by atoms with Crippen LogP contribution in [-0.2, 0) is 4.79 Å². The molecule has 0 aromatic rings. The van der Waals surface area contributed by atoms with Crippen molar-refractivity contribution < 1.29 is 25.2 Å². The summed E-state index contributed by atoms with van der Waals surface area (Å²) in [7, 11) is 0. The number of carbonyl (C=O) groups excluding carboxylic acids is 1. The number of nitrogens with one attached hydrogen (secondary N) is 1. The second-order valence-corrected chi connectivity index (χ2v) is 11.5. The van der Waals surface area contributed by atoms with Crippen LogP contribution in [0.25, 0.3) is 0 Å². The predicted octanol–water partition coefficient (Wildman–Crippen LogP) is 7.61. The van der Waals surface area contributed by atoms with Gasteiger partial charge in [-0.3, -0.25) is 4.79 Å². The van der Waals surface area contributed by atoms with E-state index in [1.54, 1.807) is 0 Å². The molecule has 244 valence electrons. The minimum absolute atomic E-state index is 0.271. The Balaban J connectivity index is 3.98. The lowest BCUT2D eigenvalue weighted by molar-refractivity contribution is -0.132. The lowest BCUT2D eigenvalue weighted by Gasteiger charge is -2.27. The number of amides is 1. The Hall–Kier alpha value is -1.73. The van der Waals surface area contributed by atoms with Gasteiger partial charge in [0, 0.05) is 0 Å². The minimum Gasteiger partial charge on any atom is -0.394 e. The predicted molar refractivity (Wildman–Crippen MR) is 177 cm³/mol. The van der Waals surface area contributed by atoms with Crippen molar-refractivity contribution in [3.05, 3.63) is 48.6 Å². The van der Waals surface area contributed by atoms with Gasteiger partial charge in [0.2, 0.25) is 5.91 Å². The molecule has 0 bridgehead atoms. The highest BCUT2D eigenvalue weighted by Crippen LogP contribution is 2.11. The van der Waals surface area contributed by atoms with Gasteiger partial charge in [-0.05, 0) is 83.5 Å². The number of allylic oxidation sites excluding steroid dienone is 8. The summed E-state index contributed by atoms with van der Waals surface area (Å²) in [6.45, 7) is 3.91. The number of hydrogen-bond acceptors (Lipinski definition) is 5. The maximum Gasteiger partial charge on any atom is 0.249 e. The van der Waals surface area contributed by atoms with E-state index in [1.165, 1.54) is 57.8 Å². The first-order chi connectivity index (χ1) is 20.5. The normalized spacial score (nSPS) is 15.3. The molecule has 4 unspecified atom stereocenters. The first-order valence-corrected chi connectivity index (χ1v) is 17.0. The maximum absolute atomic E-state index is 12.3. The fraction of sp³-hybridized carbons (Fsp3) is 0.750. The molecule has 6 nitrogen and oxygen atoms in total. The van der Waals surface area contributed by atoms with Crippen LogP contribution in [0.1, 0.15) is 142 Å². The van der Waals surface area contributed by atoms with E-state index in [2.05, 4.69) is 61.7 Å². The molecule has 0 rings (SSSR count). The molecule has 6 heteroatoms. The van der Waals surface area contributed by atoms with E-state index in [0.29, 0.717) is 19.3 Å². The maximum atomic E-state index is 12.3. The van der Waals surface area contributed by atoms with Gasteiger partial charge in [0.25, 0.3) is 0 Å². The van der Waals surface area contributed by atoms with E-state index in [9.17, 15) is 25.2 Å². The summed E-state index contributed by atoms with van der Waals surface area (Å²) in [5.74, 6) is -0.641. The van der Waals surface area contributed by atoms with Crippen LogP contribution in [0.3, 0.4) is 0 Å². The van der Waals surface area contributed by atoms with E-state index in [0.717, 1.165) is 44.9 Å². The van der Waals surface area contributed by atoms with E-state index in [-0.39, 0.29) is 6.42 Å². The highest BCUT2D eigenvalue weighted by atomic mass is 16.3. The lowest BCUT2D eigenvalue weighted by atomic mass is 10.0. The monoisotopic (exact) mass is 591 g/mol. The Kier molecular flexibility index (Phi) is 29.5. The third kappa shape index (κ3) is 24.8. The Morgan fingerprint density at radius 2 is 1.00 bits per heavy atom. The van der Waals surface area contributed by atoms with Crippen molar-refractivity contribution >= 4 is 5.91 Å². The van der Waals surface area contributed by atoms with Crippen LogP contribution in [0.4, 0.5) is 0 Å². The third-order valence-electron chi connectivity index (χ3n) is 7.48. The summed E-state index contributed by atoms with van der Waals surface area (Å²) in [5.41, 5.74) is 0. The zero-order chi connectivity index (χ0) is 31.1. The Labute approximate surface area is 258 Å². The van der Waals surface area contributed by atoms with Gasteiger partial charge in [-0.1, -0.05) is 107 Å². The molecule has 0 aliphatic heterocycles. The van der Waals surface area contributed by atoms with E-state index < -0.39 is 36.9 Å². The molecule has 4 atom stereocenters. The molecule has 0 fully saturated rings. The number of aliphatic hydroxyl groups is 4. The van der Waals surface area contributed by atoms with Crippen molar-refractivity contribution in [2.24, 2.45) is 0 Å². The van der Waals surface area contributed by atoms with Crippen LogP contribution in [0.15, 0.2) is 48.6 Å². The van der Waals surface area contributed by atoms with Gasteiger partial charge in [-0.15, -0.1) is 0 Å². The average molecular weight is 592 g/mol. The molecule has 0 saturated carbocycles. The molecule has 5 N–H and O–H groups in total. The van der Waals surface area contributed by atoms with E-state index >= 15 is 0 Å². The minimum atomic E-state index is -1.30. The molecular weight excluding hydrogens is 526 g/mol. The number of aliphatic hydroxyl groups excluding tert-OH is 4. The lowest BCUT2D eigenvalue weighted by Crippen LogP contribution is -2.53. The fourth-order valence-corrected chi connectivity index (χ4v) is 4.67. The molecule has 0 aliphatic rings. The topological polar surface area (TPSA) is 110 Å². The second kappa shape index (κ2) is 30.7. The Morgan fingerprint density at radius 3 is 1.50 bits per heavy atom. The van der Waals surface area contributed by atoms with E-state index in [1.807, 2.05) is 6.08 Å². The van der Waals surface area contributed by atoms with Crippen molar-refractivity contribution in [2.45, 2.75) is 167 Å². The first kappa shape index (κ1) is 40.3. The third-order valence-corrected chi connectivity index (χ3v) is 7.48. The first-order valence-electron chi connectivity index (χ1n) is 17.0.